The van der Waals surface area contributed by atoms with E-state index in [1.807, 2.05) is 4.90 Å². The van der Waals surface area contributed by atoms with Gasteiger partial charge in [-0.05, 0) is 14.0 Å². The van der Waals surface area contributed by atoms with Crippen molar-refractivity contribution in [2.24, 2.45) is 0 Å². The average molecular weight is 198 g/mol. The van der Waals surface area contributed by atoms with E-state index in [9.17, 15) is 4.79 Å². The summed E-state index contributed by atoms with van der Waals surface area (Å²) in [5.74, 6) is -0.809. The third-order valence-electron chi connectivity index (χ3n) is 2.86. The van der Waals surface area contributed by atoms with Gasteiger partial charge in [-0.15, -0.1) is 6.58 Å². The number of carbonyl (C=O) groups is 1. The molecule has 1 rings (SSSR count). The van der Waals surface area contributed by atoms with Crippen LogP contribution in [0.25, 0.3) is 0 Å². The Morgan fingerprint density at radius 1 is 1.64 bits per heavy atom. The second-order valence-electron chi connectivity index (χ2n) is 3.84. The van der Waals surface area contributed by atoms with Crippen molar-refractivity contribution < 1.29 is 9.90 Å². The zero-order chi connectivity index (χ0) is 10.7. The molecule has 0 aromatic heterocycles. The van der Waals surface area contributed by atoms with Crippen molar-refractivity contribution in [2.75, 3.05) is 26.7 Å². The topological polar surface area (TPSA) is 43.8 Å². The molecular formula is C10H18N2O2. The average Bonchev–Trinajstić information content (AvgIpc) is 2.11. The Hall–Kier alpha value is -0.870. The number of carboxylic acids is 1. The van der Waals surface area contributed by atoms with E-state index < -0.39 is 12.0 Å². The zero-order valence-corrected chi connectivity index (χ0v) is 8.81. The fourth-order valence-electron chi connectivity index (χ4n) is 1.74. The molecule has 14 heavy (non-hydrogen) atoms. The Morgan fingerprint density at radius 2 is 2.29 bits per heavy atom. The molecular weight excluding hydrogens is 180 g/mol. The van der Waals surface area contributed by atoms with Gasteiger partial charge in [-0.1, -0.05) is 6.08 Å². The molecule has 0 radical (unpaired) electrons. The van der Waals surface area contributed by atoms with Gasteiger partial charge in [-0.25, -0.2) is 0 Å². The van der Waals surface area contributed by atoms with Gasteiger partial charge in [0, 0.05) is 25.7 Å². The molecule has 4 heteroatoms. The Balaban J connectivity index is 2.61. The highest BCUT2D eigenvalue weighted by Crippen LogP contribution is 2.11. The zero-order valence-electron chi connectivity index (χ0n) is 8.81. The van der Waals surface area contributed by atoms with E-state index in [2.05, 4.69) is 25.5 Å². The fourth-order valence-corrected chi connectivity index (χ4v) is 1.74. The lowest BCUT2D eigenvalue weighted by Gasteiger charge is -2.39. The third kappa shape index (κ3) is 2.33. The van der Waals surface area contributed by atoms with Crippen LogP contribution in [0.4, 0.5) is 0 Å². The fraction of sp³-hybridized carbons (Fsp3) is 0.700. The lowest BCUT2D eigenvalue weighted by atomic mass is 10.1. The minimum atomic E-state index is -0.809. The van der Waals surface area contributed by atoms with Gasteiger partial charge in [0.15, 0.2) is 0 Å². The first-order valence-corrected chi connectivity index (χ1v) is 4.86. The molecule has 0 saturated carbocycles. The standard InChI is InChI=1S/C10H18N2O2/c1-4-9(10(13)14)12-6-5-11(3)8(2)7-12/h4,8-9H,1,5-7H2,2-3H3,(H,13,14). The highest BCUT2D eigenvalue weighted by Gasteiger charge is 2.28. The van der Waals surface area contributed by atoms with Crippen LogP contribution in [0, 0.1) is 0 Å². The molecule has 2 atom stereocenters. The van der Waals surface area contributed by atoms with Crippen LogP contribution in [0.3, 0.4) is 0 Å². The monoisotopic (exact) mass is 198 g/mol. The maximum absolute atomic E-state index is 10.9. The lowest BCUT2D eigenvalue weighted by molar-refractivity contribution is -0.142. The maximum atomic E-state index is 10.9. The van der Waals surface area contributed by atoms with Crippen molar-refractivity contribution >= 4 is 5.97 Å². The number of likely N-dealkylation sites (N-methyl/N-ethyl adjacent to an activating group) is 1. The Morgan fingerprint density at radius 3 is 2.71 bits per heavy atom. The molecule has 1 heterocycles. The summed E-state index contributed by atoms with van der Waals surface area (Å²) in [7, 11) is 2.06. The first-order valence-electron chi connectivity index (χ1n) is 4.86. The molecule has 0 amide bonds. The van der Waals surface area contributed by atoms with Crippen LogP contribution in [0.1, 0.15) is 6.92 Å². The molecule has 0 bridgehead atoms. The van der Waals surface area contributed by atoms with Gasteiger partial charge < -0.3 is 10.0 Å². The van der Waals surface area contributed by atoms with E-state index >= 15 is 0 Å². The normalized spacial score (nSPS) is 27.1. The van der Waals surface area contributed by atoms with Crippen molar-refractivity contribution in [2.45, 2.75) is 19.0 Å². The number of aliphatic carboxylic acids is 1. The lowest BCUT2D eigenvalue weighted by Crippen LogP contribution is -2.54. The summed E-state index contributed by atoms with van der Waals surface area (Å²) >= 11 is 0. The summed E-state index contributed by atoms with van der Waals surface area (Å²) in [5.41, 5.74) is 0. The molecule has 1 N–H and O–H groups in total. The predicted molar refractivity (Wildman–Crippen MR) is 55.3 cm³/mol. The van der Waals surface area contributed by atoms with Gasteiger partial charge in [0.05, 0.1) is 0 Å². The van der Waals surface area contributed by atoms with Gasteiger partial charge in [-0.3, -0.25) is 9.69 Å². The molecule has 0 aromatic rings. The Labute approximate surface area is 84.8 Å². The minimum Gasteiger partial charge on any atom is -0.480 e. The molecule has 0 spiro atoms. The van der Waals surface area contributed by atoms with Crippen LogP contribution in [0.15, 0.2) is 12.7 Å². The molecule has 1 saturated heterocycles. The minimum absolute atomic E-state index is 0.408. The smallest absolute Gasteiger partial charge is 0.324 e. The highest BCUT2D eigenvalue weighted by atomic mass is 16.4. The molecule has 1 fully saturated rings. The highest BCUT2D eigenvalue weighted by molar-refractivity contribution is 5.75. The number of nitrogens with zero attached hydrogens (tertiary/aromatic N) is 2. The number of hydrogen-bond donors (Lipinski definition) is 1. The van der Waals surface area contributed by atoms with Crippen LogP contribution >= 0.6 is 0 Å². The van der Waals surface area contributed by atoms with Crippen LogP contribution in [0.2, 0.25) is 0 Å². The summed E-state index contributed by atoms with van der Waals surface area (Å²) in [5, 5.41) is 8.95. The largest absolute Gasteiger partial charge is 0.480 e. The Kier molecular flexibility index (Phi) is 3.66. The summed E-state index contributed by atoms with van der Waals surface area (Å²) in [6.45, 7) is 8.17. The van der Waals surface area contributed by atoms with Crippen LogP contribution in [-0.2, 0) is 4.79 Å². The van der Waals surface area contributed by atoms with Crippen molar-refractivity contribution in [3.63, 3.8) is 0 Å². The van der Waals surface area contributed by atoms with Gasteiger partial charge in [0.2, 0.25) is 0 Å². The number of hydrogen-bond acceptors (Lipinski definition) is 3. The summed E-state index contributed by atoms with van der Waals surface area (Å²) in [6, 6.07) is -0.128. The Bertz CT molecular complexity index is 230. The molecule has 4 nitrogen and oxygen atoms in total. The second-order valence-corrected chi connectivity index (χ2v) is 3.84. The van der Waals surface area contributed by atoms with Crippen molar-refractivity contribution in [1.82, 2.24) is 9.80 Å². The van der Waals surface area contributed by atoms with E-state index in [0.717, 1.165) is 19.6 Å². The quantitative estimate of drug-likeness (QED) is 0.661. The van der Waals surface area contributed by atoms with Crippen molar-refractivity contribution in [3.05, 3.63) is 12.7 Å². The molecule has 0 aromatic carbocycles. The number of rotatable bonds is 3. The molecule has 1 aliphatic rings. The number of piperazine rings is 1. The molecule has 80 valence electrons. The van der Waals surface area contributed by atoms with E-state index in [4.69, 9.17) is 5.11 Å². The van der Waals surface area contributed by atoms with Crippen molar-refractivity contribution in [3.8, 4) is 0 Å². The van der Waals surface area contributed by atoms with Crippen LogP contribution in [0.5, 0.6) is 0 Å². The van der Waals surface area contributed by atoms with E-state index in [0.29, 0.717) is 6.04 Å². The van der Waals surface area contributed by atoms with Gasteiger partial charge in [0.25, 0.3) is 0 Å². The first kappa shape index (κ1) is 11.2. The van der Waals surface area contributed by atoms with Gasteiger partial charge in [0.1, 0.15) is 6.04 Å². The van der Waals surface area contributed by atoms with Gasteiger partial charge in [-0.2, -0.15) is 0 Å². The van der Waals surface area contributed by atoms with Crippen LogP contribution < -0.4 is 0 Å². The first-order chi connectivity index (χ1) is 6.56. The van der Waals surface area contributed by atoms with Crippen molar-refractivity contribution in [1.29, 1.82) is 0 Å². The predicted octanol–water partition coefficient (Wildman–Crippen LogP) is 0.261. The second kappa shape index (κ2) is 4.57. The van der Waals surface area contributed by atoms with E-state index in [1.165, 1.54) is 6.08 Å². The molecule has 2 unspecified atom stereocenters. The van der Waals surface area contributed by atoms with Gasteiger partial charge >= 0.3 is 5.97 Å². The molecule has 1 aliphatic heterocycles. The van der Waals surface area contributed by atoms with E-state index in [1.54, 1.807) is 0 Å². The summed E-state index contributed by atoms with van der Waals surface area (Å²) in [4.78, 5) is 15.1. The maximum Gasteiger partial charge on any atom is 0.324 e. The molecule has 0 aliphatic carbocycles. The summed E-state index contributed by atoms with van der Waals surface area (Å²) < 4.78 is 0. The summed E-state index contributed by atoms with van der Waals surface area (Å²) in [6.07, 6.45) is 1.50. The number of carboxylic acid groups (broad SMARTS) is 1. The van der Waals surface area contributed by atoms with Crippen LogP contribution in [-0.4, -0.2) is 59.6 Å². The van der Waals surface area contributed by atoms with E-state index in [-0.39, 0.29) is 0 Å². The SMILES string of the molecule is C=CC(C(=O)O)N1CCN(C)C(C)C1. The third-order valence-corrected chi connectivity index (χ3v) is 2.86.